The minimum Gasteiger partial charge on any atom is -0.508 e. The SMILES string of the molecule is CC1CN(C(C)c2ccc(F)cc2O)C(C)CO1. The van der Waals surface area contributed by atoms with Crippen molar-refractivity contribution < 1.29 is 14.2 Å². The molecule has 1 saturated heterocycles. The predicted octanol–water partition coefficient (Wildman–Crippen LogP) is 2.70. The van der Waals surface area contributed by atoms with Gasteiger partial charge in [0.2, 0.25) is 0 Å². The van der Waals surface area contributed by atoms with Crippen molar-refractivity contribution in [3.63, 3.8) is 0 Å². The summed E-state index contributed by atoms with van der Waals surface area (Å²) in [6.07, 6.45) is 0.186. The second-order valence-corrected chi connectivity index (χ2v) is 5.07. The smallest absolute Gasteiger partial charge is 0.126 e. The zero-order valence-corrected chi connectivity index (χ0v) is 11.1. The maximum atomic E-state index is 13.0. The highest BCUT2D eigenvalue weighted by Gasteiger charge is 2.29. The highest BCUT2D eigenvalue weighted by Crippen LogP contribution is 2.31. The number of nitrogens with zero attached hydrogens (tertiary/aromatic N) is 1. The molecule has 1 N–H and O–H groups in total. The fourth-order valence-corrected chi connectivity index (χ4v) is 2.52. The Morgan fingerprint density at radius 2 is 2.17 bits per heavy atom. The van der Waals surface area contributed by atoms with Crippen LogP contribution in [0.5, 0.6) is 5.75 Å². The van der Waals surface area contributed by atoms with Crippen LogP contribution < -0.4 is 0 Å². The lowest BCUT2D eigenvalue weighted by Gasteiger charge is -2.40. The Morgan fingerprint density at radius 3 is 2.83 bits per heavy atom. The van der Waals surface area contributed by atoms with Crippen LogP contribution in [-0.4, -0.2) is 35.3 Å². The first-order valence-corrected chi connectivity index (χ1v) is 6.34. The zero-order valence-electron chi connectivity index (χ0n) is 11.1. The molecule has 18 heavy (non-hydrogen) atoms. The molecule has 0 spiro atoms. The Kier molecular flexibility index (Phi) is 3.88. The third-order valence-electron chi connectivity index (χ3n) is 3.60. The van der Waals surface area contributed by atoms with E-state index in [2.05, 4.69) is 11.8 Å². The first-order valence-electron chi connectivity index (χ1n) is 6.34. The largest absolute Gasteiger partial charge is 0.508 e. The van der Waals surface area contributed by atoms with Crippen molar-refractivity contribution in [1.29, 1.82) is 0 Å². The number of hydrogen-bond acceptors (Lipinski definition) is 3. The lowest BCUT2D eigenvalue weighted by atomic mass is 10.0. The van der Waals surface area contributed by atoms with E-state index < -0.39 is 5.82 Å². The molecule has 1 aliphatic rings. The van der Waals surface area contributed by atoms with Crippen LogP contribution in [0.2, 0.25) is 0 Å². The number of morpholine rings is 1. The van der Waals surface area contributed by atoms with Gasteiger partial charge in [-0.05, 0) is 26.8 Å². The predicted molar refractivity (Wildman–Crippen MR) is 68.1 cm³/mol. The minimum atomic E-state index is -0.410. The molecule has 3 nitrogen and oxygen atoms in total. The van der Waals surface area contributed by atoms with E-state index in [4.69, 9.17) is 4.74 Å². The molecule has 0 aromatic heterocycles. The summed E-state index contributed by atoms with van der Waals surface area (Å²) in [5.41, 5.74) is 0.761. The molecular formula is C14H20FNO2. The summed E-state index contributed by atoms with van der Waals surface area (Å²) in [5, 5.41) is 9.85. The van der Waals surface area contributed by atoms with E-state index in [0.29, 0.717) is 12.6 Å². The molecule has 0 radical (unpaired) electrons. The molecule has 0 aliphatic carbocycles. The molecule has 2 rings (SSSR count). The summed E-state index contributed by atoms with van der Waals surface area (Å²) in [6.45, 7) is 7.67. The van der Waals surface area contributed by atoms with Gasteiger partial charge in [0.25, 0.3) is 0 Å². The van der Waals surface area contributed by atoms with Crippen LogP contribution in [0.25, 0.3) is 0 Å². The maximum Gasteiger partial charge on any atom is 0.126 e. The van der Waals surface area contributed by atoms with Gasteiger partial charge in [0.05, 0.1) is 12.7 Å². The number of halogens is 1. The molecule has 1 fully saturated rings. The number of aromatic hydroxyl groups is 1. The van der Waals surface area contributed by atoms with Crippen molar-refractivity contribution in [3.8, 4) is 5.75 Å². The van der Waals surface area contributed by atoms with Crippen LogP contribution in [0.1, 0.15) is 32.4 Å². The zero-order chi connectivity index (χ0) is 13.3. The monoisotopic (exact) mass is 253 g/mol. The van der Waals surface area contributed by atoms with Gasteiger partial charge in [-0.15, -0.1) is 0 Å². The molecule has 4 heteroatoms. The van der Waals surface area contributed by atoms with Gasteiger partial charge in [0.1, 0.15) is 11.6 Å². The lowest BCUT2D eigenvalue weighted by Crippen LogP contribution is -2.48. The summed E-state index contributed by atoms with van der Waals surface area (Å²) in [7, 11) is 0. The van der Waals surface area contributed by atoms with Crippen molar-refractivity contribution in [2.24, 2.45) is 0 Å². The van der Waals surface area contributed by atoms with E-state index >= 15 is 0 Å². The minimum absolute atomic E-state index is 0.0221. The van der Waals surface area contributed by atoms with Crippen molar-refractivity contribution in [1.82, 2.24) is 4.90 Å². The molecule has 1 aliphatic heterocycles. The lowest BCUT2D eigenvalue weighted by molar-refractivity contribution is -0.0642. The van der Waals surface area contributed by atoms with E-state index in [1.165, 1.54) is 12.1 Å². The van der Waals surface area contributed by atoms with Crippen LogP contribution in [0.3, 0.4) is 0 Å². The normalized spacial score (nSPS) is 27.1. The van der Waals surface area contributed by atoms with Gasteiger partial charge in [0, 0.05) is 30.3 Å². The van der Waals surface area contributed by atoms with Gasteiger partial charge in [-0.1, -0.05) is 6.07 Å². The van der Waals surface area contributed by atoms with Gasteiger partial charge in [-0.25, -0.2) is 4.39 Å². The van der Waals surface area contributed by atoms with Crippen LogP contribution in [0.4, 0.5) is 4.39 Å². The van der Waals surface area contributed by atoms with E-state index in [9.17, 15) is 9.50 Å². The Hall–Kier alpha value is -1.13. The number of ether oxygens (including phenoxy) is 1. The van der Waals surface area contributed by atoms with Crippen molar-refractivity contribution in [2.75, 3.05) is 13.2 Å². The summed E-state index contributed by atoms with van der Waals surface area (Å²) in [5.74, 6) is -0.388. The van der Waals surface area contributed by atoms with Gasteiger partial charge < -0.3 is 9.84 Å². The van der Waals surface area contributed by atoms with Crippen molar-refractivity contribution in [3.05, 3.63) is 29.6 Å². The van der Waals surface area contributed by atoms with Gasteiger partial charge in [0.15, 0.2) is 0 Å². The van der Waals surface area contributed by atoms with Crippen LogP contribution in [0.15, 0.2) is 18.2 Å². The highest BCUT2D eigenvalue weighted by atomic mass is 19.1. The second kappa shape index (κ2) is 5.24. The molecule has 3 atom stereocenters. The number of rotatable bonds is 2. The topological polar surface area (TPSA) is 32.7 Å². The standard InChI is InChI=1S/C14H20FNO2/c1-9-8-18-10(2)7-16(9)11(3)13-5-4-12(15)6-14(13)17/h4-6,9-11,17H,7-8H2,1-3H3. The number of benzene rings is 1. The average molecular weight is 253 g/mol. The van der Waals surface area contributed by atoms with Gasteiger partial charge >= 0.3 is 0 Å². The molecule has 0 bridgehead atoms. The first-order chi connectivity index (χ1) is 8.49. The summed E-state index contributed by atoms with van der Waals surface area (Å²) < 4.78 is 18.6. The summed E-state index contributed by atoms with van der Waals surface area (Å²) in [4.78, 5) is 2.28. The maximum absolute atomic E-state index is 13.0. The van der Waals surface area contributed by atoms with E-state index in [-0.39, 0.29) is 17.9 Å². The van der Waals surface area contributed by atoms with E-state index in [1.807, 2.05) is 13.8 Å². The van der Waals surface area contributed by atoms with Crippen LogP contribution in [0, 0.1) is 5.82 Å². The molecule has 100 valence electrons. The molecular weight excluding hydrogens is 233 g/mol. The molecule has 1 aromatic carbocycles. The van der Waals surface area contributed by atoms with Crippen molar-refractivity contribution >= 4 is 0 Å². The number of hydrogen-bond donors (Lipinski definition) is 1. The average Bonchev–Trinajstić information content (AvgIpc) is 2.31. The Bertz CT molecular complexity index is 424. The Labute approximate surface area is 107 Å². The fourth-order valence-electron chi connectivity index (χ4n) is 2.52. The molecule has 0 saturated carbocycles. The third-order valence-corrected chi connectivity index (χ3v) is 3.60. The molecule has 3 unspecified atom stereocenters. The van der Waals surface area contributed by atoms with E-state index in [1.54, 1.807) is 6.07 Å². The first kappa shape index (κ1) is 13.3. The Balaban J connectivity index is 2.21. The third kappa shape index (κ3) is 2.65. The van der Waals surface area contributed by atoms with Crippen molar-refractivity contribution in [2.45, 2.75) is 39.0 Å². The van der Waals surface area contributed by atoms with Crippen LogP contribution in [-0.2, 0) is 4.74 Å². The summed E-state index contributed by atoms with van der Waals surface area (Å²) >= 11 is 0. The van der Waals surface area contributed by atoms with Gasteiger partial charge in [-0.2, -0.15) is 0 Å². The molecule has 1 heterocycles. The van der Waals surface area contributed by atoms with E-state index in [0.717, 1.165) is 12.1 Å². The quantitative estimate of drug-likeness (QED) is 0.879. The summed E-state index contributed by atoms with van der Waals surface area (Å²) in [6, 6.07) is 4.55. The number of phenolic OH excluding ortho intramolecular Hbond substituents is 1. The Morgan fingerprint density at radius 1 is 1.44 bits per heavy atom. The number of phenols is 1. The van der Waals surface area contributed by atoms with Gasteiger partial charge in [-0.3, -0.25) is 4.90 Å². The van der Waals surface area contributed by atoms with Crippen LogP contribution >= 0.6 is 0 Å². The molecule has 1 aromatic rings. The fraction of sp³-hybridized carbons (Fsp3) is 0.571. The highest BCUT2D eigenvalue weighted by molar-refractivity contribution is 5.35. The second-order valence-electron chi connectivity index (χ2n) is 5.07. The molecule has 0 amide bonds.